The molecule has 1 aliphatic heterocycles. The Labute approximate surface area is 169 Å². The van der Waals surface area contributed by atoms with Crippen LogP contribution in [0, 0.1) is 0 Å². The molecule has 2 heterocycles. The van der Waals surface area contributed by atoms with E-state index in [4.69, 9.17) is 0 Å². The fraction of sp³-hybridized carbons (Fsp3) is 0.478. The van der Waals surface area contributed by atoms with E-state index in [1.807, 2.05) is 37.3 Å². The molecule has 1 aliphatic rings. The van der Waals surface area contributed by atoms with Crippen LogP contribution in [0.15, 0.2) is 54.9 Å². The van der Waals surface area contributed by atoms with Crippen LogP contribution in [0.3, 0.4) is 0 Å². The largest absolute Gasteiger partial charge is 0.340 e. The molecule has 0 N–H and O–H groups in total. The summed E-state index contributed by atoms with van der Waals surface area (Å²) in [7, 11) is 3.96. The van der Waals surface area contributed by atoms with E-state index in [0.717, 1.165) is 51.0 Å². The maximum atomic E-state index is 12.8. The van der Waals surface area contributed by atoms with Crippen molar-refractivity contribution in [2.75, 3.05) is 40.3 Å². The number of likely N-dealkylation sites (N-methyl/N-ethyl adjacent to an activating group) is 2. The molecular formula is C23H32N4O. The van der Waals surface area contributed by atoms with Crippen LogP contribution in [0.5, 0.6) is 0 Å². The lowest BCUT2D eigenvalue weighted by Crippen LogP contribution is -2.50. The molecule has 1 aromatic carbocycles. The predicted molar refractivity (Wildman–Crippen MR) is 113 cm³/mol. The number of piperidine rings is 1. The summed E-state index contributed by atoms with van der Waals surface area (Å²) < 4.78 is 0. The lowest BCUT2D eigenvalue weighted by Gasteiger charge is -2.38. The molecule has 28 heavy (non-hydrogen) atoms. The van der Waals surface area contributed by atoms with Crippen LogP contribution in [-0.4, -0.2) is 71.9 Å². The van der Waals surface area contributed by atoms with Crippen molar-refractivity contribution >= 4 is 5.91 Å². The van der Waals surface area contributed by atoms with Gasteiger partial charge in [-0.1, -0.05) is 36.4 Å². The van der Waals surface area contributed by atoms with Gasteiger partial charge in [-0.15, -0.1) is 0 Å². The first kappa shape index (κ1) is 20.5. The smallest absolute Gasteiger partial charge is 0.236 e. The Balaban J connectivity index is 1.45. The Kier molecular flexibility index (Phi) is 7.57. The molecule has 5 heteroatoms. The second kappa shape index (κ2) is 10.3. The van der Waals surface area contributed by atoms with E-state index in [1.165, 1.54) is 5.56 Å². The molecule has 0 radical (unpaired) electrons. The topological polar surface area (TPSA) is 39.7 Å². The first-order valence-corrected chi connectivity index (χ1v) is 10.2. The normalized spacial score (nSPS) is 17.6. The van der Waals surface area contributed by atoms with Crippen molar-refractivity contribution in [1.82, 2.24) is 19.7 Å². The molecule has 2 aromatic rings. The lowest BCUT2D eigenvalue weighted by molar-refractivity contribution is -0.134. The van der Waals surface area contributed by atoms with Crippen molar-refractivity contribution in [3.05, 3.63) is 66.0 Å². The Morgan fingerprint density at radius 3 is 2.68 bits per heavy atom. The van der Waals surface area contributed by atoms with Crippen molar-refractivity contribution in [2.24, 2.45) is 0 Å². The number of carbonyl (C=O) groups excluding carboxylic acids is 1. The van der Waals surface area contributed by atoms with E-state index in [0.29, 0.717) is 12.6 Å². The van der Waals surface area contributed by atoms with Crippen LogP contribution in [0.1, 0.15) is 24.0 Å². The van der Waals surface area contributed by atoms with Crippen molar-refractivity contribution in [1.29, 1.82) is 0 Å². The zero-order chi connectivity index (χ0) is 19.8. The Morgan fingerprint density at radius 1 is 1.14 bits per heavy atom. The fourth-order valence-electron chi connectivity index (χ4n) is 3.89. The molecule has 1 fully saturated rings. The molecule has 0 aliphatic carbocycles. The summed E-state index contributed by atoms with van der Waals surface area (Å²) in [6.45, 7) is 4.34. The quantitative estimate of drug-likeness (QED) is 0.706. The van der Waals surface area contributed by atoms with E-state index < -0.39 is 0 Å². The minimum atomic E-state index is 0.196. The summed E-state index contributed by atoms with van der Waals surface area (Å²) in [6.07, 6.45) is 6.95. The van der Waals surface area contributed by atoms with Crippen LogP contribution in [-0.2, 0) is 17.8 Å². The highest BCUT2D eigenvalue weighted by atomic mass is 16.2. The van der Waals surface area contributed by atoms with Gasteiger partial charge < -0.3 is 9.80 Å². The highest BCUT2D eigenvalue weighted by Gasteiger charge is 2.26. The molecule has 0 bridgehead atoms. The summed E-state index contributed by atoms with van der Waals surface area (Å²) in [5, 5.41) is 0. The molecule has 0 spiro atoms. The van der Waals surface area contributed by atoms with Crippen LogP contribution < -0.4 is 0 Å². The van der Waals surface area contributed by atoms with E-state index in [9.17, 15) is 4.79 Å². The summed E-state index contributed by atoms with van der Waals surface area (Å²) in [6, 6.07) is 14.9. The van der Waals surface area contributed by atoms with E-state index in [2.05, 4.69) is 45.1 Å². The molecule has 5 nitrogen and oxygen atoms in total. The number of aromatic nitrogens is 1. The van der Waals surface area contributed by atoms with Crippen molar-refractivity contribution in [2.45, 2.75) is 31.8 Å². The zero-order valence-corrected chi connectivity index (χ0v) is 17.1. The average Bonchev–Trinajstić information content (AvgIpc) is 2.73. The third kappa shape index (κ3) is 6.14. The molecule has 1 saturated heterocycles. The van der Waals surface area contributed by atoms with Gasteiger partial charge in [0.2, 0.25) is 5.91 Å². The summed E-state index contributed by atoms with van der Waals surface area (Å²) in [4.78, 5) is 23.5. The van der Waals surface area contributed by atoms with Crippen LogP contribution >= 0.6 is 0 Å². The van der Waals surface area contributed by atoms with Gasteiger partial charge in [-0.05, 0) is 50.0 Å². The standard InChI is InChI=1S/C23H32N4O/c1-25(17-21-10-6-13-24-16-21)19-23(28)26(2)22-11-7-14-27(18-22)15-12-20-8-4-3-5-9-20/h3-6,8-10,13,16,22H,7,11-12,14-15,17-19H2,1-2H3. The number of benzene rings is 1. The van der Waals surface area contributed by atoms with E-state index in [1.54, 1.807) is 6.20 Å². The second-order valence-corrected chi connectivity index (χ2v) is 7.87. The van der Waals surface area contributed by atoms with Gasteiger partial charge in [-0.25, -0.2) is 0 Å². The molecule has 1 unspecified atom stereocenters. The first-order valence-electron chi connectivity index (χ1n) is 10.2. The molecular weight excluding hydrogens is 348 g/mol. The minimum absolute atomic E-state index is 0.196. The number of likely N-dealkylation sites (tertiary alicyclic amines) is 1. The Morgan fingerprint density at radius 2 is 1.93 bits per heavy atom. The average molecular weight is 381 g/mol. The van der Waals surface area contributed by atoms with Crippen molar-refractivity contribution < 1.29 is 4.79 Å². The summed E-state index contributed by atoms with van der Waals surface area (Å²) in [5.74, 6) is 0.196. The van der Waals surface area contributed by atoms with Crippen LogP contribution in [0.25, 0.3) is 0 Å². The van der Waals surface area contributed by atoms with Crippen molar-refractivity contribution in [3.63, 3.8) is 0 Å². The predicted octanol–water partition coefficient (Wildman–Crippen LogP) is 2.68. The Hall–Kier alpha value is -2.24. The van der Waals surface area contributed by atoms with Gasteiger partial charge in [0, 0.05) is 45.1 Å². The molecule has 0 saturated carbocycles. The fourth-order valence-corrected chi connectivity index (χ4v) is 3.89. The van der Waals surface area contributed by atoms with Gasteiger partial charge in [0.05, 0.1) is 6.54 Å². The van der Waals surface area contributed by atoms with Crippen LogP contribution in [0.4, 0.5) is 0 Å². The first-order chi connectivity index (χ1) is 13.6. The lowest BCUT2D eigenvalue weighted by atomic mass is 10.0. The summed E-state index contributed by atoms with van der Waals surface area (Å²) >= 11 is 0. The molecule has 3 rings (SSSR count). The summed E-state index contributed by atoms with van der Waals surface area (Å²) in [5.41, 5.74) is 2.51. The van der Waals surface area contributed by atoms with Gasteiger partial charge >= 0.3 is 0 Å². The van der Waals surface area contributed by atoms with E-state index in [-0.39, 0.29) is 5.91 Å². The number of nitrogens with zero attached hydrogens (tertiary/aromatic N) is 4. The number of amides is 1. The number of hydrogen-bond acceptors (Lipinski definition) is 4. The van der Waals surface area contributed by atoms with Gasteiger partial charge in [0.1, 0.15) is 0 Å². The monoisotopic (exact) mass is 380 g/mol. The maximum absolute atomic E-state index is 12.8. The number of hydrogen-bond donors (Lipinski definition) is 0. The van der Waals surface area contributed by atoms with Gasteiger partial charge in [0.15, 0.2) is 0 Å². The van der Waals surface area contributed by atoms with Crippen molar-refractivity contribution in [3.8, 4) is 0 Å². The van der Waals surface area contributed by atoms with Gasteiger partial charge in [-0.2, -0.15) is 0 Å². The SMILES string of the molecule is CN(CC(=O)N(C)C1CCCN(CCc2ccccc2)C1)Cc1cccnc1. The number of carbonyl (C=O) groups is 1. The molecule has 1 amide bonds. The highest BCUT2D eigenvalue weighted by molar-refractivity contribution is 5.78. The molecule has 150 valence electrons. The number of rotatable bonds is 8. The third-order valence-electron chi connectivity index (χ3n) is 5.56. The van der Waals surface area contributed by atoms with Gasteiger partial charge in [-0.3, -0.25) is 14.7 Å². The molecule has 1 aromatic heterocycles. The highest BCUT2D eigenvalue weighted by Crippen LogP contribution is 2.16. The maximum Gasteiger partial charge on any atom is 0.236 e. The Bertz CT molecular complexity index is 722. The molecule has 1 atom stereocenters. The second-order valence-electron chi connectivity index (χ2n) is 7.87. The third-order valence-corrected chi connectivity index (χ3v) is 5.56. The van der Waals surface area contributed by atoms with Gasteiger partial charge in [0.25, 0.3) is 0 Å². The zero-order valence-electron chi connectivity index (χ0n) is 17.1. The van der Waals surface area contributed by atoms with Crippen LogP contribution in [0.2, 0.25) is 0 Å². The number of pyridine rings is 1. The van der Waals surface area contributed by atoms with E-state index >= 15 is 0 Å². The minimum Gasteiger partial charge on any atom is -0.340 e.